The molecule has 5 atom stereocenters. The summed E-state index contributed by atoms with van der Waals surface area (Å²) in [5, 5.41) is 22.7. The maximum Gasteiger partial charge on any atom is 0.325 e. The van der Waals surface area contributed by atoms with Crippen LogP contribution in [0.1, 0.15) is 58.3 Å². The summed E-state index contributed by atoms with van der Waals surface area (Å²) in [4.78, 5) is 23.4. The van der Waals surface area contributed by atoms with Crippen LogP contribution in [-0.2, 0) is 16.6 Å². The van der Waals surface area contributed by atoms with Crippen LogP contribution in [-0.4, -0.2) is 84.7 Å². The molecular weight excluding hydrogens is 508 g/mol. The molecule has 1 saturated carbocycles. The van der Waals surface area contributed by atoms with E-state index in [1.165, 1.54) is 11.9 Å². The molecule has 1 spiro atoms. The number of hydrogen-bond acceptors (Lipinski definition) is 9. The van der Waals surface area contributed by atoms with Crippen molar-refractivity contribution in [2.24, 2.45) is 10.9 Å². The van der Waals surface area contributed by atoms with Gasteiger partial charge in [0.2, 0.25) is 6.34 Å². The molecule has 2 saturated heterocycles. The van der Waals surface area contributed by atoms with Gasteiger partial charge in [0.1, 0.15) is 18.3 Å². The Balaban J connectivity index is 0.938. The summed E-state index contributed by atoms with van der Waals surface area (Å²) in [5.74, 6) is 2.44. The molecule has 40 heavy (non-hydrogen) atoms. The Morgan fingerprint density at radius 1 is 1.25 bits per heavy atom. The SMILES string of the molecule is CCN(CC1OC2C(O)(C1O)[N+]21C=Nc2c(N)ncnc21)C1CC(CCc2nc3ccc(C(C)(C)C)cc3[nH]2)C1. The van der Waals surface area contributed by atoms with Crippen LogP contribution >= 0.6 is 0 Å². The molecule has 4 aliphatic rings. The van der Waals surface area contributed by atoms with E-state index in [-0.39, 0.29) is 15.7 Å². The molecule has 212 valence electrons. The first-order valence-corrected chi connectivity index (χ1v) is 14.4. The zero-order valence-corrected chi connectivity index (χ0v) is 23.6. The lowest BCUT2D eigenvalue weighted by atomic mass is 9.76. The average molecular weight is 548 g/mol. The minimum Gasteiger partial charge on any atom is -0.382 e. The highest BCUT2D eigenvalue weighted by atomic mass is 16.6. The van der Waals surface area contributed by atoms with Gasteiger partial charge in [0.15, 0.2) is 17.6 Å². The third-order valence-electron chi connectivity index (χ3n) is 9.63. The molecule has 0 amide bonds. The normalized spacial score (nSPS) is 34.0. The van der Waals surface area contributed by atoms with Gasteiger partial charge in [-0.1, -0.05) is 33.8 Å². The first kappa shape index (κ1) is 26.0. The first-order valence-electron chi connectivity index (χ1n) is 14.4. The fourth-order valence-corrected chi connectivity index (χ4v) is 7.03. The maximum atomic E-state index is 11.5. The zero-order chi connectivity index (χ0) is 28.0. The van der Waals surface area contributed by atoms with Gasteiger partial charge < -0.3 is 25.7 Å². The summed E-state index contributed by atoms with van der Waals surface area (Å²) in [5.41, 5.74) is 8.44. The Morgan fingerprint density at radius 2 is 2.05 bits per heavy atom. The van der Waals surface area contributed by atoms with E-state index in [1.54, 1.807) is 6.34 Å². The van der Waals surface area contributed by atoms with Crippen LogP contribution in [0, 0.1) is 5.92 Å². The van der Waals surface area contributed by atoms with E-state index in [1.807, 2.05) is 0 Å². The number of nitrogens with one attached hydrogen (secondary N) is 1. The molecule has 3 aliphatic heterocycles. The van der Waals surface area contributed by atoms with E-state index in [0.717, 1.165) is 49.1 Å². The summed E-state index contributed by atoms with van der Waals surface area (Å²) in [6.07, 6.45) is 5.01. The van der Waals surface area contributed by atoms with Gasteiger partial charge in [-0.05, 0) is 54.8 Å². The van der Waals surface area contributed by atoms with Crippen molar-refractivity contribution in [1.82, 2.24) is 29.3 Å². The van der Waals surface area contributed by atoms with E-state index >= 15 is 0 Å². The average Bonchev–Trinajstić information content (AvgIpc) is 3.29. The number of likely N-dealkylation sites (N-methyl/N-ethyl adjacent to an activating group) is 1. The second-order valence-electron chi connectivity index (χ2n) is 13.0. The molecular formula is C29H39N8O3+. The van der Waals surface area contributed by atoms with Gasteiger partial charge in [-0.3, -0.25) is 4.90 Å². The van der Waals surface area contributed by atoms with Gasteiger partial charge >= 0.3 is 5.72 Å². The number of benzene rings is 1. The Morgan fingerprint density at radius 3 is 2.75 bits per heavy atom. The number of aliphatic hydroxyl groups excluding tert-OH is 1. The van der Waals surface area contributed by atoms with Crippen molar-refractivity contribution in [3.8, 4) is 0 Å². The summed E-state index contributed by atoms with van der Waals surface area (Å²) in [6, 6.07) is 6.98. The molecule has 0 bridgehead atoms. The van der Waals surface area contributed by atoms with Gasteiger partial charge in [-0.2, -0.15) is 14.5 Å². The maximum absolute atomic E-state index is 11.5. The third kappa shape index (κ3) is 3.61. The molecule has 1 aliphatic carbocycles. The number of H-pyrrole nitrogens is 1. The number of imidazole rings is 1. The highest BCUT2D eigenvalue weighted by Gasteiger charge is 2.93. The number of nitrogens with zero attached hydrogens (tertiary/aromatic N) is 6. The monoisotopic (exact) mass is 547 g/mol. The number of nitrogen functional groups attached to an aromatic ring is 1. The van der Waals surface area contributed by atoms with E-state index in [2.05, 4.69) is 70.7 Å². The molecule has 11 nitrogen and oxygen atoms in total. The predicted octanol–water partition coefficient (Wildman–Crippen LogP) is 2.73. The Labute approximate surface area is 233 Å². The second-order valence-corrected chi connectivity index (χ2v) is 13.0. The van der Waals surface area contributed by atoms with E-state index in [4.69, 9.17) is 15.5 Å². The Bertz CT molecular complexity index is 1490. The number of rotatable bonds is 7. The molecule has 5 unspecified atom stereocenters. The van der Waals surface area contributed by atoms with Crippen LogP contribution in [0.15, 0.2) is 29.5 Å². The molecule has 3 fully saturated rings. The van der Waals surface area contributed by atoms with E-state index < -0.39 is 24.2 Å². The molecule has 5 N–H and O–H groups in total. The predicted molar refractivity (Wildman–Crippen MR) is 153 cm³/mol. The van der Waals surface area contributed by atoms with Crippen LogP contribution < -0.4 is 10.2 Å². The molecule has 3 aromatic rings. The number of aryl methyl sites for hydroxylation is 1. The van der Waals surface area contributed by atoms with Crippen molar-refractivity contribution in [1.29, 1.82) is 0 Å². The smallest absolute Gasteiger partial charge is 0.325 e. The minimum absolute atomic E-state index is 0.115. The van der Waals surface area contributed by atoms with Crippen molar-refractivity contribution in [2.45, 2.75) is 89.0 Å². The van der Waals surface area contributed by atoms with Crippen LogP contribution in [0.2, 0.25) is 0 Å². The van der Waals surface area contributed by atoms with E-state index in [0.29, 0.717) is 30.0 Å². The number of ether oxygens (including phenoxy) is 1. The lowest BCUT2D eigenvalue weighted by Gasteiger charge is -2.44. The topological polar surface area (TPSA) is 146 Å². The van der Waals surface area contributed by atoms with E-state index in [9.17, 15) is 10.2 Å². The third-order valence-corrected chi connectivity index (χ3v) is 9.63. The standard InChI is InChI=1S/C29H39N8O3/c1-5-36(13-21-24(38)29(39)27(40-21)37(29)15-33-23-25(30)31-14-32-26(23)37)18-10-16(11-18)6-9-22-34-19-8-7-17(28(2,3)4)12-20(19)35-22/h7-8,12,14-16,18,21,24,27,38-39H,5-6,9-11,13H2,1-4H3,(H,34,35)(H2,30,31,32)/q+1. The van der Waals surface area contributed by atoms with Crippen molar-refractivity contribution >= 4 is 34.7 Å². The lowest BCUT2D eigenvalue weighted by Crippen LogP contribution is -2.54. The molecule has 11 heteroatoms. The largest absolute Gasteiger partial charge is 0.382 e. The second kappa shape index (κ2) is 8.77. The van der Waals surface area contributed by atoms with Gasteiger partial charge in [0.25, 0.3) is 12.0 Å². The van der Waals surface area contributed by atoms with Gasteiger partial charge in [0.05, 0.1) is 11.0 Å². The number of nitrogens with two attached hydrogens (primary N) is 1. The van der Waals surface area contributed by atoms with Crippen molar-refractivity contribution < 1.29 is 14.9 Å². The fraction of sp³-hybridized carbons (Fsp3) is 0.586. The summed E-state index contributed by atoms with van der Waals surface area (Å²) in [7, 11) is 0. The Hall–Kier alpha value is -2.96. The number of quaternary nitrogens is 1. The van der Waals surface area contributed by atoms with Crippen LogP contribution in [0.4, 0.5) is 17.3 Å². The summed E-state index contributed by atoms with van der Waals surface area (Å²) in [6.45, 7) is 10.3. The van der Waals surface area contributed by atoms with Crippen LogP contribution in [0.25, 0.3) is 11.0 Å². The Kier molecular flexibility index (Phi) is 5.69. The number of aromatic nitrogens is 4. The minimum atomic E-state index is -1.51. The molecule has 2 aromatic heterocycles. The number of hydrogen-bond donors (Lipinski definition) is 4. The summed E-state index contributed by atoms with van der Waals surface area (Å²) >= 11 is 0. The van der Waals surface area contributed by atoms with Gasteiger partial charge in [-0.25, -0.2) is 9.97 Å². The number of fused-ring (bicyclic) bond motifs is 6. The molecule has 7 rings (SSSR count). The zero-order valence-electron chi connectivity index (χ0n) is 23.6. The van der Waals surface area contributed by atoms with Gasteiger partial charge in [-0.15, -0.1) is 0 Å². The molecule has 5 heterocycles. The van der Waals surface area contributed by atoms with Crippen molar-refractivity contribution in [3.63, 3.8) is 0 Å². The highest BCUT2D eigenvalue weighted by molar-refractivity contribution is 5.95. The van der Waals surface area contributed by atoms with Crippen LogP contribution in [0.3, 0.4) is 0 Å². The van der Waals surface area contributed by atoms with Crippen LogP contribution in [0.5, 0.6) is 0 Å². The first-order chi connectivity index (χ1) is 19.1. The molecule has 1 aromatic carbocycles. The number of aliphatic imine (C=N–C) groups is 1. The molecule has 0 radical (unpaired) electrons. The summed E-state index contributed by atoms with van der Waals surface area (Å²) < 4.78 is 6.12. The van der Waals surface area contributed by atoms with Crippen molar-refractivity contribution in [3.05, 3.63) is 35.9 Å². The number of aromatic amines is 1. The number of anilines is 1. The number of aliphatic hydroxyl groups is 2. The lowest BCUT2D eigenvalue weighted by molar-refractivity contribution is -0.0806. The fourth-order valence-electron chi connectivity index (χ4n) is 7.03. The quantitative estimate of drug-likeness (QED) is 0.261. The highest BCUT2D eigenvalue weighted by Crippen LogP contribution is 2.63. The van der Waals surface area contributed by atoms with Gasteiger partial charge in [0, 0.05) is 19.0 Å². The van der Waals surface area contributed by atoms with Crippen molar-refractivity contribution in [2.75, 3.05) is 18.8 Å².